The number of aromatic nitrogens is 1. The van der Waals surface area contributed by atoms with Gasteiger partial charge in [0.2, 0.25) is 5.91 Å². The fourth-order valence-electron chi connectivity index (χ4n) is 5.12. The van der Waals surface area contributed by atoms with Gasteiger partial charge in [-0.2, -0.15) is 0 Å². The zero-order valence-corrected chi connectivity index (χ0v) is 14.7. The van der Waals surface area contributed by atoms with Gasteiger partial charge in [0.1, 0.15) is 0 Å². The molecule has 2 aliphatic carbocycles. The van der Waals surface area contributed by atoms with Gasteiger partial charge in [-0.25, -0.2) is 0 Å². The maximum absolute atomic E-state index is 13.0. The van der Waals surface area contributed by atoms with Gasteiger partial charge in [0.15, 0.2) is 0 Å². The number of carbonyl (C=O) groups is 2. The van der Waals surface area contributed by atoms with E-state index in [-0.39, 0.29) is 23.1 Å². The van der Waals surface area contributed by atoms with Gasteiger partial charge in [0.25, 0.3) is 5.91 Å². The second-order valence-corrected chi connectivity index (χ2v) is 8.03. The van der Waals surface area contributed by atoms with Crippen molar-refractivity contribution in [3.05, 3.63) is 30.1 Å². The summed E-state index contributed by atoms with van der Waals surface area (Å²) in [5.41, 5.74) is 0.658. The van der Waals surface area contributed by atoms with Crippen LogP contribution in [-0.2, 0) is 4.79 Å². The van der Waals surface area contributed by atoms with E-state index in [9.17, 15) is 9.59 Å². The maximum Gasteiger partial charge on any atom is 0.254 e. The highest BCUT2D eigenvalue weighted by Gasteiger charge is 2.52. The molecule has 5 nitrogen and oxygen atoms in total. The maximum atomic E-state index is 13.0. The Labute approximate surface area is 149 Å². The van der Waals surface area contributed by atoms with Gasteiger partial charge in [-0.3, -0.25) is 14.6 Å². The highest BCUT2D eigenvalue weighted by Crippen LogP contribution is 2.49. The first-order valence-corrected chi connectivity index (χ1v) is 9.68. The fraction of sp³-hybridized carbons (Fsp3) is 0.650. The molecule has 134 valence electrons. The summed E-state index contributed by atoms with van der Waals surface area (Å²) in [4.78, 5) is 31.8. The van der Waals surface area contributed by atoms with E-state index in [4.69, 9.17) is 0 Å². The third-order valence-corrected chi connectivity index (χ3v) is 6.48. The van der Waals surface area contributed by atoms with Gasteiger partial charge in [-0.1, -0.05) is 25.7 Å². The van der Waals surface area contributed by atoms with Crippen LogP contribution in [0.1, 0.15) is 61.7 Å². The number of pyridine rings is 1. The average molecular weight is 341 g/mol. The van der Waals surface area contributed by atoms with Crippen LogP contribution in [0.25, 0.3) is 0 Å². The van der Waals surface area contributed by atoms with Gasteiger partial charge in [0, 0.05) is 42.5 Å². The highest BCUT2D eigenvalue weighted by molar-refractivity contribution is 5.95. The molecule has 2 heterocycles. The molecule has 5 heteroatoms. The molecule has 1 atom stereocenters. The van der Waals surface area contributed by atoms with Crippen LogP contribution >= 0.6 is 0 Å². The lowest BCUT2D eigenvalue weighted by Gasteiger charge is -2.29. The zero-order valence-electron chi connectivity index (χ0n) is 14.7. The lowest BCUT2D eigenvalue weighted by atomic mass is 9.76. The molecule has 4 rings (SSSR count). The predicted octanol–water partition coefficient (Wildman–Crippen LogP) is 2.77. The summed E-state index contributed by atoms with van der Waals surface area (Å²) in [5.74, 6) is 0.157. The zero-order chi connectivity index (χ0) is 17.3. The Kier molecular flexibility index (Phi) is 4.48. The van der Waals surface area contributed by atoms with Crippen molar-refractivity contribution in [2.75, 3.05) is 13.1 Å². The van der Waals surface area contributed by atoms with Crippen LogP contribution in [0.4, 0.5) is 0 Å². The number of nitrogens with one attached hydrogen (secondary N) is 1. The normalized spacial score (nSPS) is 25.6. The summed E-state index contributed by atoms with van der Waals surface area (Å²) in [7, 11) is 0. The molecule has 0 bridgehead atoms. The smallest absolute Gasteiger partial charge is 0.254 e. The highest BCUT2D eigenvalue weighted by atomic mass is 16.2. The molecule has 1 aromatic heterocycles. The first-order valence-electron chi connectivity index (χ1n) is 9.68. The fourth-order valence-corrected chi connectivity index (χ4v) is 5.12. The van der Waals surface area contributed by atoms with E-state index in [1.807, 2.05) is 4.90 Å². The third kappa shape index (κ3) is 3.16. The summed E-state index contributed by atoms with van der Waals surface area (Å²) < 4.78 is 0. The van der Waals surface area contributed by atoms with Crippen LogP contribution in [0.2, 0.25) is 0 Å². The quantitative estimate of drug-likeness (QED) is 0.919. The first kappa shape index (κ1) is 16.6. The van der Waals surface area contributed by atoms with Gasteiger partial charge in [0.05, 0.1) is 5.92 Å². The standard InChI is InChI=1S/C20H27N3O2/c24-18(22-16-5-1-2-6-16)17-13-23(14-20(17)9-3-4-10-20)19(25)15-7-11-21-12-8-15/h7-8,11-12,16-17H,1-6,9-10,13-14H2,(H,22,24). The molecule has 1 aliphatic heterocycles. The Morgan fingerprint density at radius 2 is 1.76 bits per heavy atom. The Balaban J connectivity index is 1.51. The number of amides is 2. The summed E-state index contributed by atoms with van der Waals surface area (Å²) in [6, 6.07) is 3.86. The van der Waals surface area contributed by atoms with E-state index in [0.717, 1.165) is 32.2 Å². The van der Waals surface area contributed by atoms with Crippen molar-refractivity contribution in [3.63, 3.8) is 0 Å². The number of carbonyl (C=O) groups excluding carboxylic acids is 2. The minimum atomic E-state index is -0.0543. The van der Waals surface area contributed by atoms with E-state index < -0.39 is 0 Å². The third-order valence-electron chi connectivity index (χ3n) is 6.48. The average Bonchev–Trinajstić information content (AvgIpc) is 3.38. The minimum Gasteiger partial charge on any atom is -0.353 e. The van der Waals surface area contributed by atoms with Crippen molar-refractivity contribution in [1.82, 2.24) is 15.2 Å². The van der Waals surface area contributed by atoms with E-state index in [0.29, 0.717) is 18.2 Å². The summed E-state index contributed by atoms with van der Waals surface area (Å²) in [6.07, 6.45) is 12.4. The van der Waals surface area contributed by atoms with E-state index >= 15 is 0 Å². The van der Waals surface area contributed by atoms with Gasteiger partial charge < -0.3 is 10.2 Å². The number of hydrogen-bond donors (Lipinski definition) is 1. The van der Waals surface area contributed by atoms with Crippen molar-refractivity contribution in [3.8, 4) is 0 Å². The van der Waals surface area contributed by atoms with Crippen LogP contribution in [0.3, 0.4) is 0 Å². The summed E-state index contributed by atoms with van der Waals surface area (Å²) in [6.45, 7) is 1.27. The lowest BCUT2D eigenvalue weighted by molar-refractivity contribution is -0.128. The summed E-state index contributed by atoms with van der Waals surface area (Å²) in [5, 5.41) is 3.28. The molecule has 3 aliphatic rings. The van der Waals surface area contributed by atoms with Gasteiger partial charge in [-0.05, 0) is 37.8 Å². The molecule has 1 unspecified atom stereocenters. The van der Waals surface area contributed by atoms with Crippen molar-refractivity contribution in [2.45, 2.75) is 57.4 Å². The molecule has 0 aromatic carbocycles. The second-order valence-electron chi connectivity index (χ2n) is 8.03. The number of nitrogens with zero attached hydrogens (tertiary/aromatic N) is 2. The first-order chi connectivity index (χ1) is 12.2. The molecule has 1 spiro atoms. The molecule has 2 amide bonds. The van der Waals surface area contributed by atoms with Crippen molar-refractivity contribution >= 4 is 11.8 Å². The number of likely N-dealkylation sites (tertiary alicyclic amines) is 1. The van der Waals surface area contributed by atoms with Crippen LogP contribution in [0.15, 0.2) is 24.5 Å². The van der Waals surface area contributed by atoms with Crippen LogP contribution in [0.5, 0.6) is 0 Å². The van der Waals surface area contributed by atoms with E-state index in [2.05, 4.69) is 10.3 Å². The largest absolute Gasteiger partial charge is 0.353 e. The molecule has 25 heavy (non-hydrogen) atoms. The monoisotopic (exact) mass is 341 g/mol. The Bertz CT molecular complexity index is 634. The Hall–Kier alpha value is -1.91. The second kappa shape index (κ2) is 6.77. The van der Waals surface area contributed by atoms with Crippen LogP contribution < -0.4 is 5.32 Å². The molecule has 1 saturated heterocycles. The predicted molar refractivity (Wildman–Crippen MR) is 94.9 cm³/mol. The molecule has 2 saturated carbocycles. The van der Waals surface area contributed by atoms with Crippen molar-refractivity contribution in [1.29, 1.82) is 0 Å². The van der Waals surface area contributed by atoms with Crippen molar-refractivity contribution in [2.24, 2.45) is 11.3 Å². The Morgan fingerprint density at radius 3 is 2.44 bits per heavy atom. The minimum absolute atomic E-state index is 0.00855. The SMILES string of the molecule is O=C(NC1CCCC1)C1CN(C(=O)c2ccncc2)CC12CCCC2. The Morgan fingerprint density at radius 1 is 1.08 bits per heavy atom. The van der Waals surface area contributed by atoms with Crippen LogP contribution in [-0.4, -0.2) is 40.8 Å². The van der Waals surface area contributed by atoms with Gasteiger partial charge in [-0.15, -0.1) is 0 Å². The van der Waals surface area contributed by atoms with E-state index in [1.165, 1.54) is 25.7 Å². The molecular weight excluding hydrogens is 314 g/mol. The van der Waals surface area contributed by atoms with Gasteiger partial charge >= 0.3 is 0 Å². The summed E-state index contributed by atoms with van der Waals surface area (Å²) >= 11 is 0. The molecule has 0 radical (unpaired) electrons. The molecule has 3 fully saturated rings. The molecular formula is C20H27N3O2. The number of rotatable bonds is 3. The molecule has 1 aromatic rings. The number of hydrogen-bond acceptors (Lipinski definition) is 3. The van der Waals surface area contributed by atoms with Crippen molar-refractivity contribution < 1.29 is 9.59 Å². The molecule has 1 N–H and O–H groups in total. The topological polar surface area (TPSA) is 62.3 Å². The lowest BCUT2D eigenvalue weighted by Crippen LogP contribution is -2.43. The van der Waals surface area contributed by atoms with E-state index in [1.54, 1.807) is 24.5 Å². The van der Waals surface area contributed by atoms with Crippen LogP contribution in [0, 0.1) is 11.3 Å².